The van der Waals surface area contributed by atoms with Crippen LogP contribution in [0.25, 0.3) is 0 Å². The van der Waals surface area contributed by atoms with Crippen LogP contribution in [0, 0.1) is 0 Å². The molecule has 0 heterocycles. The maximum Gasteiger partial charge on any atom is 0.472 e. The van der Waals surface area contributed by atoms with Gasteiger partial charge in [0.2, 0.25) is 5.91 Å². The average molecular weight is 794 g/mol. The minimum atomic E-state index is -4.35. The zero-order valence-electron chi connectivity index (χ0n) is 36.1. The van der Waals surface area contributed by atoms with Gasteiger partial charge in [-0.15, -0.1) is 0 Å². The Balaban J connectivity index is 4.54. The Bertz CT molecular complexity index is 1080. The van der Waals surface area contributed by atoms with Crippen LogP contribution in [-0.4, -0.2) is 73.4 Å². The predicted octanol–water partition coefficient (Wildman–Crippen LogP) is 12.2. The second-order valence-electron chi connectivity index (χ2n) is 16.0. The number of carbonyl (C=O) groups excluding carboxylic acids is 1. The number of phosphoric acid groups is 1. The summed E-state index contributed by atoms with van der Waals surface area (Å²) in [7, 11) is 1.53. The Morgan fingerprint density at radius 3 is 1.62 bits per heavy atom. The molecule has 3 unspecified atom stereocenters. The van der Waals surface area contributed by atoms with Crippen molar-refractivity contribution in [2.45, 2.75) is 187 Å². The summed E-state index contributed by atoms with van der Waals surface area (Å²) in [5, 5.41) is 13.8. The Morgan fingerprint density at radius 1 is 0.618 bits per heavy atom. The molecule has 8 nitrogen and oxygen atoms in total. The molecule has 0 radical (unpaired) electrons. The fourth-order valence-corrected chi connectivity index (χ4v) is 6.59. The van der Waals surface area contributed by atoms with Gasteiger partial charge >= 0.3 is 7.82 Å². The molecule has 0 aliphatic carbocycles. The van der Waals surface area contributed by atoms with Gasteiger partial charge in [0, 0.05) is 6.42 Å². The molecule has 0 bridgehead atoms. The van der Waals surface area contributed by atoms with Gasteiger partial charge in [-0.25, -0.2) is 4.57 Å². The van der Waals surface area contributed by atoms with Crippen molar-refractivity contribution >= 4 is 13.7 Å². The summed E-state index contributed by atoms with van der Waals surface area (Å²) < 4.78 is 23.5. The molecule has 0 aromatic heterocycles. The molecule has 320 valence electrons. The fraction of sp³-hybridized carbons (Fsp3) is 0.761. The van der Waals surface area contributed by atoms with Gasteiger partial charge in [-0.05, 0) is 70.6 Å². The van der Waals surface area contributed by atoms with Gasteiger partial charge in [-0.2, -0.15) is 0 Å². The number of nitrogens with one attached hydrogen (secondary N) is 1. The van der Waals surface area contributed by atoms with Crippen LogP contribution in [0.15, 0.2) is 60.8 Å². The first-order chi connectivity index (χ1) is 26.5. The molecule has 55 heavy (non-hydrogen) atoms. The van der Waals surface area contributed by atoms with E-state index in [4.69, 9.17) is 9.05 Å². The Morgan fingerprint density at radius 2 is 1.07 bits per heavy atom. The summed E-state index contributed by atoms with van der Waals surface area (Å²) >= 11 is 0. The van der Waals surface area contributed by atoms with Crippen LogP contribution in [0.2, 0.25) is 0 Å². The number of aliphatic hydroxyl groups is 1. The Labute approximate surface area is 339 Å². The number of unbranched alkanes of at least 4 members (excludes halogenated alkanes) is 18. The van der Waals surface area contributed by atoms with E-state index in [9.17, 15) is 19.4 Å². The van der Waals surface area contributed by atoms with E-state index in [1.165, 1.54) is 83.5 Å². The first kappa shape index (κ1) is 53.2. The number of hydrogen-bond acceptors (Lipinski definition) is 5. The van der Waals surface area contributed by atoms with Gasteiger partial charge in [-0.3, -0.25) is 13.8 Å². The predicted molar refractivity (Wildman–Crippen MR) is 235 cm³/mol. The smallest absolute Gasteiger partial charge is 0.387 e. The standard InChI is InChI=1S/C46H85N2O6P/c1-6-8-10-12-14-16-18-20-22-23-24-25-26-27-29-31-33-35-37-39-45(49)44(43-54-55(51,52)53-42-41-48(3,4)5)47-46(50)40-38-36-34-32-30-28-21-19-17-15-13-11-9-7-2/h13,15,19,21,24-25,29,31,37,39,44-45,49H,6-12,14,16-18,20,22-23,26-28,30,32-36,38,40-43H2,1-5H3,(H-,47,50,51,52)/p+1/b15-13-,21-19-,25-24+,31-29+,39-37+. The molecule has 0 aromatic rings. The lowest BCUT2D eigenvalue weighted by Gasteiger charge is -2.25. The number of amides is 1. The van der Waals surface area contributed by atoms with Crippen molar-refractivity contribution < 1.29 is 32.9 Å². The second kappa shape index (κ2) is 37.8. The Hall–Kier alpha value is -1.80. The van der Waals surface area contributed by atoms with Crippen molar-refractivity contribution in [3.63, 3.8) is 0 Å². The Kier molecular flexibility index (Phi) is 36.5. The van der Waals surface area contributed by atoms with Crippen molar-refractivity contribution in [3.05, 3.63) is 60.8 Å². The molecular formula is C46H86N2O6P+. The van der Waals surface area contributed by atoms with E-state index in [1.807, 2.05) is 27.2 Å². The topological polar surface area (TPSA) is 105 Å². The lowest BCUT2D eigenvalue weighted by atomic mass is 10.1. The van der Waals surface area contributed by atoms with Crippen LogP contribution in [-0.2, 0) is 18.4 Å². The molecule has 9 heteroatoms. The van der Waals surface area contributed by atoms with Crippen molar-refractivity contribution in [3.8, 4) is 0 Å². The van der Waals surface area contributed by atoms with E-state index in [2.05, 4.69) is 67.8 Å². The van der Waals surface area contributed by atoms with Crippen molar-refractivity contribution in [1.82, 2.24) is 5.32 Å². The highest BCUT2D eigenvalue weighted by molar-refractivity contribution is 7.47. The number of quaternary nitrogens is 1. The SMILES string of the molecule is CCCC/C=C\C/C=C\CCCCCCCC(=O)NC(COP(=O)(O)OCC[N+](C)(C)C)C(O)/C=C/CC/C=C/CC/C=C/CCCCCCCCCCC. The number of phosphoric ester groups is 1. The largest absolute Gasteiger partial charge is 0.472 e. The van der Waals surface area contributed by atoms with Gasteiger partial charge in [0.05, 0.1) is 39.9 Å². The lowest BCUT2D eigenvalue weighted by Crippen LogP contribution is -2.45. The fourth-order valence-electron chi connectivity index (χ4n) is 5.85. The number of hydrogen-bond donors (Lipinski definition) is 3. The summed E-state index contributed by atoms with van der Waals surface area (Å²) in [6, 6.07) is -0.877. The first-order valence-corrected chi connectivity index (χ1v) is 23.7. The van der Waals surface area contributed by atoms with E-state index in [1.54, 1.807) is 6.08 Å². The summed E-state index contributed by atoms with van der Waals surface area (Å²) in [5.41, 5.74) is 0. The zero-order chi connectivity index (χ0) is 40.7. The summed E-state index contributed by atoms with van der Waals surface area (Å²) in [4.78, 5) is 23.1. The minimum absolute atomic E-state index is 0.0483. The number of allylic oxidation sites excluding steroid dienone is 9. The molecule has 0 aliphatic heterocycles. The molecule has 3 N–H and O–H groups in total. The molecule has 0 saturated carbocycles. The van der Waals surface area contributed by atoms with Gasteiger partial charge in [-0.1, -0.05) is 158 Å². The summed E-state index contributed by atoms with van der Waals surface area (Å²) in [6.07, 6.45) is 48.6. The van der Waals surface area contributed by atoms with E-state index < -0.39 is 20.0 Å². The lowest BCUT2D eigenvalue weighted by molar-refractivity contribution is -0.870. The van der Waals surface area contributed by atoms with E-state index in [0.29, 0.717) is 17.4 Å². The van der Waals surface area contributed by atoms with Gasteiger partial charge < -0.3 is 19.8 Å². The quantitative estimate of drug-likeness (QED) is 0.0248. The maximum absolute atomic E-state index is 12.8. The molecule has 0 aliphatic rings. The van der Waals surface area contributed by atoms with Crippen LogP contribution in [0.3, 0.4) is 0 Å². The minimum Gasteiger partial charge on any atom is -0.387 e. The average Bonchev–Trinajstić information content (AvgIpc) is 3.13. The highest BCUT2D eigenvalue weighted by Gasteiger charge is 2.27. The van der Waals surface area contributed by atoms with Crippen LogP contribution in [0.4, 0.5) is 0 Å². The summed E-state index contributed by atoms with van der Waals surface area (Å²) in [5.74, 6) is -0.208. The molecule has 3 atom stereocenters. The molecule has 0 spiro atoms. The van der Waals surface area contributed by atoms with Crippen LogP contribution >= 0.6 is 7.82 Å². The monoisotopic (exact) mass is 794 g/mol. The molecule has 0 fully saturated rings. The molecule has 0 rings (SSSR count). The maximum atomic E-state index is 12.8. The van der Waals surface area contributed by atoms with Crippen LogP contribution < -0.4 is 5.32 Å². The first-order valence-electron chi connectivity index (χ1n) is 22.2. The molecular weight excluding hydrogens is 707 g/mol. The van der Waals surface area contributed by atoms with E-state index in [-0.39, 0.29) is 19.1 Å². The van der Waals surface area contributed by atoms with Crippen molar-refractivity contribution in [2.24, 2.45) is 0 Å². The molecule has 0 aromatic carbocycles. The normalized spacial score (nSPS) is 15.0. The third-order valence-corrected chi connectivity index (χ3v) is 10.4. The van der Waals surface area contributed by atoms with Gasteiger partial charge in [0.15, 0.2) is 0 Å². The third kappa shape index (κ3) is 40.2. The number of nitrogens with zero attached hydrogens (tertiary/aromatic N) is 1. The second-order valence-corrected chi connectivity index (χ2v) is 17.5. The summed E-state index contributed by atoms with van der Waals surface area (Å²) in [6.45, 7) is 4.71. The number of rotatable bonds is 39. The van der Waals surface area contributed by atoms with Crippen LogP contribution in [0.5, 0.6) is 0 Å². The number of aliphatic hydroxyl groups excluding tert-OH is 1. The van der Waals surface area contributed by atoms with E-state index >= 15 is 0 Å². The zero-order valence-corrected chi connectivity index (χ0v) is 37.0. The highest BCUT2D eigenvalue weighted by atomic mass is 31.2. The van der Waals surface area contributed by atoms with Crippen molar-refractivity contribution in [2.75, 3.05) is 40.9 Å². The number of likely N-dealkylation sites (N-methyl/N-ethyl adjacent to an activating group) is 1. The van der Waals surface area contributed by atoms with Gasteiger partial charge in [0.1, 0.15) is 13.2 Å². The molecule has 0 saturated heterocycles. The highest BCUT2D eigenvalue weighted by Crippen LogP contribution is 2.43. The third-order valence-electron chi connectivity index (χ3n) is 9.44. The van der Waals surface area contributed by atoms with Crippen LogP contribution in [0.1, 0.15) is 174 Å². The molecule has 1 amide bonds. The number of carbonyl (C=O) groups is 1. The van der Waals surface area contributed by atoms with Crippen molar-refractivity contribution in [1.29, 1.82) is 0 Å². The van der Waals surface area contributed by atoms with E-state index in [0.717, 1.165) is 70.6 Å². The van der Waals surface area contributed by atoms with Gasteiger partial charge in [0.25, 0.3) is 0 Å².